The van der Waals surface area contributed by atoms with Crippen LogP contribution in [0.4, 0.5) is 0 Å². The molecule has 5 aromatic rings. The maximum atomic E-state index is 12.5. The van der Waals surface area contributed by atoms with Crippen molar-refractivity contribution in [2.24, 2.45) is 5.10 Å². The number of aryl methyl sites for hydroxylation is 1. The number of amides is 1. The van der Waals surface area contributed by atoms with Crippen molar-refractivity contribution in [3.63, 3.8) is 0 Å². The normalized spacial score (nSPS) is 11.1. The molecule has 6 nitrogen and oxygen atoms in total. The summed E-state index contributed by atoms with van der Waals surface area (Å²) >= 11 is 1.32. The van der Waals surface area contributed by atoms with Gasteiger partial charge < -0.3 is 0 Å². The molecule has 4 aromatic carbocycles. The van der Waals surface area contributed by atoms with Crippen LogP contribution in [0.2, 0.25) is 0 Å². The van der Waals surface area contributed by atoms with Crippen LogP contribution in [-0.4, -0.2) is 32.6 Å². The second-order valence-corrected chi connectivity index (χ2v) is 9.36. The van der Waals surface area contributed by atoms with Crippen molar-refractivity contribution in [1.29, 1.82) is 0 Å². The van der Waals surface area contributed by atoms with Gasteiger partial charge in [0.1, 0.15) is 0 Å². The Balaban J connectivity index is 1.24. The van der Waals surface area contributed by atoms with Crippen LogP contribution in [0.15, 0.2) is 119 Å². The van der Waals surface area contributed by atoms with Gasteiger partial charge in [-0.1, -0.05) is 114 Å². The molecule has 0 spiro atoms. The van der Waals surface area contributed by atoms with Crippen LogP contribution in [-0.2, 0) is 4.79 Å². The Bertz CT molecular complexity index is 1500. The highest BCUT2D eigenvalue weighted by atomic mass is 32.2. The summed E-state index contributed by atoms with van der Waals surface area (Å²) in [5, 5.41) is 13.6. The molecule has 7 heteroatoms. The van der Waals surface area contributed by atoms with Crippen molar-refractivity contribution < 1.29 is 4.79 Å². The molecule has 37 heavy (non-hydrogen) atoms. The molecule has 5 rings (SSSR count). The summed E-state index contributed by atoms with van der Waals surface area (Å²) in [6.45, 7) is 2.05. The van der Waals surface area contributed by atoms with Crippen LogP contribution < -0.4 is 5.43 Å². The van der Waals surface area contributed by atoms with Gasteiger partial charge >= 0.3 is 0 Å². The standard InChI is InChI=1S/C30H25N5OS/c1-22-12-16-26(17-13-22)29-33-34-30(35(29)27-10-6-3-7-11-27)37-21-28(36)32-31-20-23-14-18-25(19-15-23)24-8-4-2-5-9-24/h2-20H,21H2,1H3,(H,32,36)/b31-20-. The quantitative estimate of drug-likeness (QED) is 0.157. The van der Waals surface area contributed by atoms with Crippen LogP contribution in [0.3, 0.4) is 0 Å². The molecule has 1 heterocycles. The van der Waals surface area contributed by atoms with E-state index in [1.807, 2.05) is 109 Å². The molecule has 182 valence electrons. The number of aromatic nitrogens is 3. The molecular weight excluding hydrogens is 478 g/mol. The Kier molecular flexibility index (Phi) is 7.52. The fraction of sp³-hybridized carbons (Fsp3) is 0.0667. The van der Waals surface area contributed by atoms with Gasteiger partial charge in [-0.05, 0) is 35.7 Å². The fourth-order valence-corrected chi connectivity index (χ4v) is 4.54. The van der Waals surface area contributed by atoms with E-state index < -0.39 is 0 Å². The maximum Gasteiger partial charge on any atom is 0.250 e. The molecule has 0 fully saturated rings. The third-order valence-electron chi connectivity index (χ3n) is 5.71. The molecule has 1 amide bonds. The summed E-state index contributed by atoms with van der Waals surface area (Å²) in [7, 11) is 0. The largest absolute Gasteiger partial charge is 0.272 e. The monoisotopic (exact) mass is 503 g/mol. The van der Waals surface area contributed by atoms with Crippen molar-refractivity contribution in [2.45, 2.75) is 12.1 Å². The van der Waals surface area contributed by atoms with E-state index >= 15 is 0 Å². The first-order valence-corrected chi connectivity index (χ1v) is 12.8. The molecule has 1 N–H and O–H groups in total. The summed E-state index contributed by atoms with van der Waals surface area (Å²) in [5.74, 6) is 0.663. The van der Waals surface area contributed by atoms with Crippen molar-refractivity contribution >= 4 is 23.9 Å². The number of hydrazone groups is 1. The zero-order valence-electron chi connectivity index (χ0n) is 20.3. The number of hydrogen-bond donors (Lipinski definition) is 1. The summed E-state index contributed by atoms with van der Waals surface area (Å²) in [5.41, 5.74) is 8.86. The second-order valence-electron chi connectivity index (χ2n) is 8.41. The number of rotatable bonds is 8. The third-order valence-corrected chi connectivity index (χ3v) is 6.64. The molecule has 0 aliphatic carbocycles. The molecule has 0 aliphatic heterocycles. The summed E-state index contributed by atoms with van der Waals surface area (Å²) in [6, 6.07) is 36.3. The van der Waals surface area contributed by atoms with Gasteiger partial charge in [-0.25, -0.2) is 5.43 Å². The summed E-state index contributed by atoms with van der Waals surface area (Å²) in [6.07, 6.45) is 1.64. The lowest BCUT2D eigenvalue weighted by Gasteiger charge is -2.10. The third kappa shape index (κ3) is 6.02. The van der Waals surface area contributed by atoms with Crippen LogP contribution in [0.5, 0.6) is 0 Å². The van der Waals surface area contributed by atoms with E-state index in [0.29, 0.717) is 5.16 Å². The number of benzene rings is 4. The molecule has 0 radical (unpaired) electrons. The van der Waals surface area contributed by atoms with Crippen molar-refractivity contribution in [3.8, 4) is 28.2 Å². The van der Waals surface area contributed by atoms with Crippen molar-refractivity contribution in [2.75, 3.05) is 5.75 Å². The summed E-state index contributed by atoms with van der Waals surface area (Å²) < 4.78 is 1.97. The van der Waals surface area contributed by atoms with Crippen LogP contribution in [0.1, 0.15) is 11.1 Å². The van der Waals surface area contributed by atoms with Gasteiger partial charge in [0, 0.05) is 11.3 Å². The van der Waals surface area contributed by atoms with E-state index in [9.17, 15) is 4.79 Å². The first-order valence-electron chi connectivity index (χ1n) is 11.9. The minimum atomic E-state index is -0.221. The molecule has 0 aliphatic rings. The van der Waals surface area contributed by atoms with Gasteiger partial charge in [0.2, 0.25) is 0 Å². The van der Waals surface area contributed by atoms with E-state index in [1.54, 1.807) is 6.21 Å². The Morgan fingerprint density at radius 3 is 2.14 bits per heavy atom. The maximum absolute atomic E-state index is 12.5. The minimum Gasteiger partial charge on any atom is -0.272 e. The van der Waals surface area contributed by atoms with Crippen molar-refractivity contribution in [3.05, 3.63) is 120 Å². The Morgan fingerprint density at radius 1 is 0.811 bits per heavy atom. The average Bonchev–Trinajstić information content (AvgIpc) is 3.38. The SMILES string of the molecule is Cc1ccc(-c2nnc(SCC(=O)N/N=C\c3ccc(-c4ccccc4)cc3)n2-c2ccccc2)cc1. The van der Waals surface area contributed by atoms with E-state index in [0.717, 1.165) is 33.8 Å². The first-order chi connectivity index (χ1) is 18.2. The lowest BCUT2D eigenvalue weighted by Crippen LogP contribution is -2.20. The molecular formula is C30H25N5OS. The fourth-order valence-electron chi connectivity index (χ4n) is 3.80. The zero-order chi connectivity index (χ0) is 25.5. The van der Waals surface area contributed by atoms with Crippen molar-refractivity contribution in [1.82, 2.24) is 20.2 Å². The Morgan fingerprint density at radius 2 is 1.43 bits per heavy atom. The number of nitrogens with zero attached hydrogens (tertiary/aromatic N) is 4. The van der Waals surface area contributed by atoms with Gasteiger partial charge in [0.15, 0.2) is 11.0 Å². The lowest BCUT2D eigenvalue weighted by atomic mass is 10.0. The predicted molar refractivity (Wildman–Crippen MR) is 150 cm³/mol. The number of nitrogens with one attached hydrogen (secondary N) is 1. The van der Waals surface area contributed by atoms with Crippen LogP contribution in [0, 0.1) is 6.92 Å². The highest BCUT2D eigenvalue weighted by Gasteiger charge is 2.17. The van der Waals surface area contributed by atoms with E-state index in [4.69, 9.17) is 0 Å². The summed E-state index contributed by atoms with van der Waals surface area (Å²) in [4.78, 5) is 12.5. The molecule has 0 bridgehead atoms. The predicted octanol–water partition coefficient (Wildman–Crippen LogP) is 6.15. The lowest BCUT2D eigenvalue weighted by molar-refractivity contribution is -0.118. The molecule has 0 unspecified atom stereocenters. The second kappa shape index (κ2) is 11.5. The average molecular weight is 504 g/mol. The zero-order valence-corrected chi connectivity index (χ0v) is 21.1. The van der Waals surface area contributed by atoms with Gasteiger partial charge in [-0.3, -0.25) is 9.36 Å². The molecule has 1 aromatic heterocycles. The van der Waals surface area contributed by atoms with Gasteiger partial charge in [0.05, 0.1) is 12.0 Å². The molecule has 0 saturated heterocycles. The minimum absolute atomic E-state index is 0.156. The van der Waals surface area contributed by atoms with Gasteiger partial charge in [-0.15, -0.1) is 10.2 Å². The molecule has 0 atom stereocenters. The highest BCUT2D eigenvalue weighted by Crippen LogP contribution is 2.28. The topological polar surface area (TPSA) is 72.2 Å². The van der Waals surface area contributed by atoms with E-state index in [-0.39, 0.29) is 11.7 Å². The Labute approximate surface area is 220 Å². The highest BCUT2D eigenvalue weighted by molar-refractivity contribution is 7.99. The van der Waals surface area contributed by atoms with E-state index in [2.05, 4.69) is 32.9 Å². The van der Waals surface area contributed by atoms with E-state index in [1.165, 1.54) is 17.3 Å². The number of carbonyl (C=O) groups excluding carboxylic acids is 1. The number of para-hydroxylation sites is 1. The molecule has 0 saturated carbocycles. The van der Waals surface area contributed by atoms with Crippen LogP contribution >= 0.6 is 11.8 Å². The van der Waals surface area contributed by atoms with Crippen LogP contribution in [0.25, 0.3) is 28.2 Å². The number of carbonyl (C=O) groups is 1. The number of hydrogen-bond acceptors (Lipinski definition) is 5. The Hall–Kier alpha value is -4.49. The van der Waals surface area contributed by atoms with Gasteiger partial charge in [-0.2, -0.15) is 5.10 Å². The van der Waals surface area contributed by atoms with Gasteiger partial charge in [0.25, 0.3) is 5.91 Å². The number of thioether (sulfide) groups is 1. The smallest absolute Gasteiger partial charge is 0.250 e. The first kappa shape index (κ1) is 24.2.